The summed E-state index contributed by atoms with van der Waals surface area (Å²) in [6.45, 7) is 7.04. The lowest BCUT2D eigenvalue weighted by atomic mass is 10.1. The maximum Gasteiger partial charge on any atom is 0.276 e. The SMILES string of the molecule is C=CN1CN(C)/C(=N\[N+](=O)[O-])N(CC2CCOC2)C1. The molecule has 0 amide bonds. The highest BCUT2D eigenvalue weighted by Crippen LogP contribution is 2.17. The van der Waals surface area contributed by atoms with E-state index in [4.69, 9.17) is 4.74 Å². The van der Waals surface area contributed by atoms with E-state index in [1.165, 1.54) is 0 Å². The van der Waals surface area contributed by atoms with Crippen molar-refractivity contribution in [1.29, 1.82) is 0 Å². The number of nitrogens with zero attached hydrogens (tertiary/aromatic N) is 5. The molecular weight excluding hydrogens is 250 g/mol. The van der Waals surface area contributed by atoms with Crippen LogP contribution in [0.2, 0.25) is 0 Å². The molecule has 1 unspecified atom stereocenters. The molecule has 0 saturated carbocycles. The van der Waals surface area contributed by atoms with Crippen LogP contribution in [-0.2, 0) is 4.74 Å². The molecule has 2 aliphatic rings. The third-order valence-corrected chi connectivity index (χ3v) is 3.30. The molecule has 0 aromatic heterocycles. The number of ether oxygens (including phenoxy) is 1. The van der Waals surface area contributed by atoms with E-state index < -0.39 is 5.03 Å². The summed E-state index contributed by atoms with van der Waals surface area (Å²) in [5.74, 6) is 0.796. The summed E-state index contributed by atoms with van der Waals surface area (Å²) in [5, 5.41) is 13.5. The average Bonchev–Trinajstić information content (AvgIpc) is 2.85. The Morgan fingerprint density at radius 3 is 3.00 bits per heavy atom. The van der Waals surface area contributed by atoms with Crippen molar-refractivity contribution in [3.63, 3.8) is 0 Å². The van der Waals surface area contributed by atoms with E-state index in [2.05, 4.69) is 11.7 Å². The van der Waals surface area contributed by atoms with Gasteiger partial charge < -0.3 is 19.4 Å². The molecule has 2 fully saturated rings. The standard InChI is InChI=1S/C11H19N5O3/c1-3-14-8-13(2)11(12-16(17)18)15(9-14)6-10-4-5-19-7-10/h3,10H,1,4-9H2,2H3/b12-11+. The van der Waals surface area contributed by atoms with Crippen LogP contribution in [0.5, 0.6) is 0 Å². The molecule has 8 nitrogen and oxygen atoms in total. The van der Waals surface area contributed by atoms with Crippen molar-refractivity contribution < 1.29 is 9.77 Å². The maximum absolute atomic E-state index is 10.7. The van der Waals surface area contributed by atoms with Gasteiger partial charge in [-0.25, -0.2) is 10.1 Å². The first kappa shape index (κ1) is 13.6. The molecule has 0 aromatic carbocycles. The van der Waals surface area contributed by atoms with Crippen LogP contribution in [0.15, 0.2) is 17.9 Å². The summed E-state index contributed by atoms with van der Waals surface area (Å²) in [5.41, 5.74) is 0. The quantitative estimate of drug-likeness (QED) is 0.535. The molecule has 2 saturated heterocycles. The van der Waals surface area contributed by atoms with Crippen LogP contribution in [0.4, 0.5) is 0 Å². The van der Waals surface area contributed by atoms with Crippen LogP contribution in [0.1, 0.15) is 6.42 Å². The van der Waals surface area contributed by atoms with Crippen molar-refractivity contribution in [2.75, 3.05) is 40.1 Å². The fourth-order valence-electron chi connectivity index (χ4n) is 2.41. The van der Waals surface area contributed by atoms with Crippen LogP contribution in [0.3, 0.4) is 0 Å². The van der Waals surface area contributed by atoms with Crippen molar-refractivity contribution in [1.82, 2.24) is 14.7 Å². The van der Waals surface area contributed by atoms with E-state index in [1.54, 1.807) is 18.1 Å². The third-order valence-electron chi connectivity index (χ3n) is 3.30. The molecule has 2 rings (SSSR count). The van der Waals surface area contributed by atoms with Crippen molar-refractivity contribution in [3.05, 3.63) is 22.9 Å². The zero-order valence-corrected chi connectivity index (χ0v) is 11.1. The van der Waals surface area contributed by atoms with Gasteiger partial charge in [-0.15, -0.1) is 0 Å². The zero-order chi connectivity index (χ0) is 13.8. The largest absolute Gasteiger partial charge is 0.381 e. The molecule has 8 heteroatoms. The first-order valence-corrected chi connectivity index (χ1v) is 6.23. The second-order valence-electron chi connectivity index (χ2n) is 4.84. The molecule has 0 aliphatic carbocycles. The molecule has 106 valence electrons. The van der Waals surface area contributed by atoms with Crippen LogP contribution in [0, 0.1) is 16.0 Å². The van der Waals surface area contributed by atoms with E-state index >= 15 is 0 Å². The van der Waals surface area contributed by atoms with Crippen molar-refractivity contribution in [2.45, 2.75) is 6.42 Å². The monoisotopic (exact) mass is 269 g/mol. The lowest BCUT2D eigenvalue weighted by molar-refractivity contribution is -0.486. The second-order valence-corrected chi connectivity index (χ2v) is 4.84. The molecular formula is C11H19N5O3. The van der Waals surface area contributed by atoms with Gasteiger partial charge in [0.2, 0.25) is 0 Å². The maximum atomic E-state index is 10.7. The minimum absolute atomic E-state index is 0.398. The summed E-state index contributed by atoms with van der Waals surface area (Å²) in [6.07, 6.45) is 2.72. The van der Waals surface area contributed by atoms with Gasteiger partial charge in [0.05, 0.1) is 19.9 Å². The normalized spacial score (nSPS) is 26.1. The second kappa shape index (κ2) is 5.87. The van der Waals surface area contributed by atoms with Gasteiger partial charge >= 0.3 is 0 Å². The molecule has 1 atom stereocenters. The highest BCUT2D eigenvalue weighted by atomic mass is 16.7. The molecule has 19 heavy (non-hydrogen) atoms. The average molecular weight is 269 g/mol. The lowest BCUT2D eigenvalue weighted by Crippen LogP contribution is -2.57. The third kappa shape index (κ3) is 3.34. The van der Waals surface area contributed by atoms with Gasteiger partial charge in [-0.2, -0.15) is 0 Å². The van der Waals surface area contributed by atoms with Gasteiger partial charge in [0.1, 0.15) is 5.10 Å². The molecule has 0 radical (unpaired) electrons. The van der Waals surface area contributed by atoms with Crippen molar-refractivity contribution in [3.8, 4) is 0 Å². The van der Waals surface area contributed by atoms with Gasteiger partial charge in [-0.1, -0.05) is 6.58 Å². The van der Waals surface area contributed by atoms with E-state index in [1.807, 2.05) is 9.80 Å². The number of hydrogen-bond acceptors (Lipinski definition) is 4. The van der Waals surface area contributed by atoms with Gasteiger partial charge in [0.15, 0.2) is 5.03 Å². The number of hydrazone groups is 1. The van der Waals surface area contributed by atoms with Gasteiger partial charge in [0.25, 0.3) is 5.96 Å². The number of guanidine groups is 1. The van der Waals surface area contributed by atoms with Crippen LogP contribution in [-0.4, -0.2) is 65.8 Å². The van der Waals surface area contributed by atoms with Crippen LogP contribution in [0.25, 0.3) is 0 Å². The van der Waals surface area contributed by atoms with E-state index in [-0.39, 0.29) is 0 Å². The molecule has 0 aromatic rings. The van der Waals surface area contributed by atoms with E-state index in [0.29, 0.717) is 38.4 Å². The van der Waals surface area contributed by atoms with Crippen LogP contribution >= 0.6 is 0 Å². The van der Waals surface area contributed by atoms with Crippen molar-refractivity contribution in [2.24, 2.45) is 11.0 Å². The lowest BCUT2D eigenvalue weighted by Gasteiger charge is -2.42. The summed E-state index contributed by atoms with van der Waals surface area (Å²) in [7, 11) is 1.79. The van der Waals surface area contributed by atoms with Gasteiger partial charge in [-0.05, 0) is 12.6 Å². The number of nitro groups is 1. The molecule has 2 aliphatic heterocycles. The Hall–Kier alpha value is -1.83. The molecule has 2 heterocycles. The van der Waals surface area contributed by atoms with Crippen LogP contribution < -0.4 is 0 Å². The Morgan fingerprint density at radius 1 is 1.63 bits per heavy atom. The highest BCUT2D eigenvalue weighted by molar-refractivity contribution is 5.79. The zero-order valence-electron chi connectivity index (χ0n) is 11.1. The first-order chi connectivity index (χ1) is 9.10. The number of rotatable bonds is 4. The molecule has 0 spiro atoms. The Bertz CT molecular complexity index is 381. The minimum atomic E-state index is -0.645. The Balaban J connectivity index is 2.11. The molecule has 0 bridgehead atoms. The van der Waals surface area contributed by atoms with Gasteiger partial charge in [0, 0.05) is 26.1 Å². The highest BCUT2D eigenvalue weighted by Gasteiger charge is 2.30. The summed E-state index contributed by atoms with van der Waals surface area (Å²) in [4.78, 5) is 16.3. The Kier molecular flexibility index (Phi) is 4.20. The Morgan fingerprint density at radius 2 is 2.42 bits per heavy atom. The summed E-state index contributed by atoms with van der Waals surface area (Å²) >= 11 is 0. The Labute approximate surface area is 112 Å². The van der Waals surface area contributed by atoms with E-state index in [9.17, 15) is 10.1 Å². The fraction of sp³-hybridized carbons (Fsp3) is 0.727. The van der Waals surface area contributed by atoms with E-state index in [0.717, 1.165) is 13.0 Å². The molecule has 0 N–H and O–H groups in total. The predicted octanol–water partition coefficient (Wildman–Crippen LogP) is 0.179. The first-order valence-electron chi connectivity index (χ1n) is 6.23. The smallest absolute Gasteiger partial charge is 0.276 e. The topological polar surface area (TPSA) is 74.5 Å². The summed E-state index contributed by atoms with van der Waals surface area (Å²) < 4.78 is 5.35. The number of hydrogen-bond donors (Lipinski definition) is 0. The predicted molar refractivity (Wildman–Crippen MR) is 69.6 cm³/mol. The van der Waals surface area contributed by atoms with Gasteiger partial charge in [-0.3, -0.25) is 0 Å². The minimum Gasteiger partial charge on any atom is -0.381 e. The summed E-state index contributed by atoms with van der Waals surface area (Å²) in [6, 6.07) is 0. The van der Waals surface area contributed by atoms with Crippen molar-refractivity contribution >= 4 is 5.96 Å². The fourth-order valence-corrected chi connectivity index (χ4v) is 2.41.